The summed E-state index contributed by atoms with van der Waals surface area (Å²) in [6.45, 7) is 17.3. The highest BCUT2D eigenvalue weighted by molar-refractivity contribution is 5.22. The first-order chi connectivity index (χ1) is 8.58. The maximum absolute atomic E-state index is 5.28. The highest BCUT2D eigenvalue weighted by Crippen LogP contribution is 2.20. The Kier molecular flexibility index (Phi) is 4.25. The van der Waals surface area contributed by atoms with Crippen molar-refractivity contribution >= 4 is 0 Å². The lowest BCUT2D eigenvalue weighted by Crippen LogP contribution is -2.60. The summed E-state index contributed by atoms with van der Waals surface area (Å²) in [7, 11) is 0. The summed E-state index contributed by atoms with van der Waals surface area (Å²) in [6.07, 6.45) is 4.09. The molecule has 0 saturated carbocycles. The molecular weight excluding hydrogens is 224 g/mol. The molecule has 0 aromatic rings. The minimum atomic E-state index is 0.572. The summed E-state index contributed by atoms with van der Waals surface area (Å²) in [4.78, 5) is 4.93. The molecule has 100 valence electrons. The summed E-state index contributed by atoms with van der Waals surface area (Å²) >= 11 is 0. The minimum Gasteiger partial charge on any atom is -0.378 e. The van der Waals surface area contributed by atoms with E-state index in [2.05, 4.69) is 36.0 Å². The van der Waals surface area contributed by atoms with E-state index >= 15 is 0 Å². The van der Waals surface area contributed by atoms with E-state index in [-0.39, 0.29) is 0 Å². The predicted octanol–water partition coefficient (Wildman–Crippen LogP) is 2.04. The SMILES string of the molecule is C=C(C)/C=C\C(=C)N1CCN(C2COC2)C(C)C1. The fraction of sp³-hybridized carbons (Fsp3) is 0.600. The Bertz CT molecular complexity index is 358. The molecule has 2 aliphatic rings. The molecule has 2 saturated heterocycles. The van der Waals surface area contributed by atoms with Crippen LogP contribution in [0.5, 0.6) is 0 Å². The van der Waals surface area contributed by atoms with Gasteiger partial charge in [-0.15, -0.1) is 0 Å². The van der Waals surface area contributed by atoms with Gasteiger partial charge in [0.25, 0.3) is 0 Å². The van der Waals surface area contributed by atoms with E-state index in [9.17, 15) is 0 Å². The second-order valence-electron chi connectivity index (χ2n) is 5.40. The number of allylic oxidation sites excluding steroid dienone is 3. The number of nitrogens with zero attached hydrogens (tertiary/aromatic N) is 2. The third-order valence-corrected chi connectivity index (χ3v) is 3.73. The van der Waals surface area contributed by atoms with Gasteiger partial charge in [0.2, 0.25) is 0 Å². The van der Waals surface area contributed by atoms with Crippen LogP contribution in [0.3, 0.4) is 0 Å². The van der Waals surface area contributed by atoms with Crippen LogP contribution < -0.4 is 0 Å². The normalized spacial score (nSPS) is 26.3. The van der Waals surface area contributed by atoms with Gasteiger partial charge in [-0.05, 0) is 19.9 Å². The van der Waals surface area contributed by atoms with E-state index in [1.807, 2.05) is 13.0 Å². The van der Waals surface area contributed by atoms with Crippen molar-refractivity contribution in [1.82, 2.24) is 9.80 Å². The van der Waals surface area contributed by atoms with Crippen LogP contribution in [0.4, 0.5) is 0 Å². The van der Waals surface area contributed by atoms with Crippen LogP contribution >= 0.6 is 0 Å². The lowest BCUT2D eigenvalue weighted by Gasteiger charge is -2.47. The summed E-state index contributed by atoms with van der Waals surface area (Å²) in [6, 6.07) is 1.21. The Labute approximate surface area is 110 Å². The van der Waals surface area contributed by atoms with E-state index in [4.69, 9.17) is 4.74 Å². The van der Waals surface area contributed by atoms with Crippen LogP contribution in [0.1, 0.15) is 13.8 Å². The summed E-state index contributed by atoms with van der Waals surface area (Å²) in [5.74, 6) is 0. The van der Waals surface area contributed by atoms with E-state index in [0.717, 1.165) is 44.1 Å². The Morgan fingerprint density at radius 2 is 1.94 bits per heavy atom. The average Bonchev–Trinajstić information content (AvgIpc) is 2.26. The van der Waals surface area contributed by atoms with E-state index < -0.39 is 0 Å². The lowest BCUT2D eigenvalue weighted by molar-refractivity contribution is -0.0903. The molecule has 0 bridgehead atoms. The van der Waals surface area contributed by atoms with E-state index in [1.54, 1.807) is 0 Å². The molecule has 3 heteroatoms. The summed E-state index contributed by atoms with van der Waals surface area (Å²) in [5.41, 5.74) is 2.16. The molecule has 0 aromatic carbocycles. The van der Waals surface area contributed by atoms with Gasteiger partial charge in [0, 0.05) is 31.4 Å². The zero-order chi connectivity index (χ0) is 13.1. The average molecular weight is 248 g/mol. The second-order valence-corrected chi connectivity index (χ2v) is 5.40. The molecule has 2 heterocycles. The Balaban J connectivity index is 1.87. The van der Waals surface area contributed by atoms with Crippen molar-refractivity contribution in [3.8, 4) is 0 Å². The van der Waals surface area contributed by atoms with Gasteiger partial charge in [0.05, 0.1) is 19.3 Å². The maximum atomic E-state index is 5.28. The van der Waals surface area contributed by atoms with Crippen LogP contribution in [-0.2, 0) is 4.74 Å². The van der Waals surface area contributed by atoms with Gasteiger partial charge in [-0.2, -0.15) is 0 Å². The molecule has 0 radical (unpaired) electrons. The van der Waals surface area contributed by atoms with Gasteiger partial charge in [-0.3, -0.25) is 4.90 Å². The van der Waals surface area contributed by atoms with Crippen molar-refractivity contribution in [2.75, 3.05) is 32.8 Å². The monoisotopic (exact) mass is 248 g/mol. The standard InChI is InChI=1S/C15H24N2O/c1-12(2)5-6-13(3)16-7-8-17(14(4)9-16)15-10-18-11-15/h5-6,14-15H,1,3,7-11H2,2,4H3/b6-5-. The van der Waals surface area contributed by atoms with Gasteiger partial charge in [-0.25, -0.2) is 0 Å². The fourth-order valence-electron chi connectivity index (χ4n) is 2.53. The molecule has 0 spiro atoms. The number of hydrogen-bond acceptors (Lipinski definition) is 3. The third-order valence-electron chi connectivity index (χ3n) is 3.73. The molecule has 2 fully saturated rings. The fourth-order valence-corrected chi connectivity index (χ4v) is 2.53. The Morgan fingerprint density at radius 3 is 2.44 bits per heavy atom. The number of hydrogen-bond donors (Lipinski definition) is 0. The molecule has 2 aliphatic heterocycles. The smallest absolute Gasteiger partial charge is 0.0645 e. The molecule has 3 nitrogen and oxygen atoms in total. The lowest BCUT2D eigenvalue weighted by atomic mass is 10.1. The van der Waals surface area contributed by atoms with Crippen molar-refractivity contribution < 1.29 is 4.74 Å². The van der Waals surface area contributed by atoms with Gasteiger partial charge in [0.15, 0.2) is 0 Å². The molecule has 18 heavy (non-hydrogen) atoms. The largest absolute Gasteiger partial charge is 0.378 e. The van der Waals surface area contributed by atoms with Gasteiger partial charge in [0.1, 0.15) is 0 Å². The van der Waals surface area contributed by atoms with Gasteiger partial charge in [-0.1, -0.05) is 24.8 Å². The first kappa shape index (κ1) is 13.4. The summed E-state index contributed by atoms with van der Waals surface area (Å²) in [5, 5.41) is 0. The highest BCUT2D eigenvalue weighted by Gasteiger charge is 2.33. The molecule has 2 rings (SSSR count). The minimum absolute atomic E-state index is 0.572. The van der Waals surface area contributed by atoms with Crippen LogP contribution in [0.15, 0.2) is 36.6 Å². The molecule has 0 aliphatic carbocycles. The first-order valence-electron chi connectivity index (χ1n) is 6.69. The van der Waals surface area contributed by atoms with Crippen molar-refractivity contribution in [1.29, 1.82) is 0 Å². The van der Waals surface area contributed by atoms with E-state index in [1.165, 1.54) is 0 Å². The zero-order valence-electron chi connectivity index (χ0n) is 11.6. The zero-order valence-corrected chi connectivity index (χ0v) is 11.6. The molecule has 0 amide bonds. The van der Waals surface area contributed by atoms with Crippen molar-refractivity contribution in [2.45, 2.75) is 25.9 Å². The summed E-state index contributed by atoms with van der Waals surface area (Å²) < 4.78 is 5.28. The van der Waals surface area contributed by atoms with Gasteiger partial charge < -0.3 is 9.64 Å². The second kappa shape index (κ2) is 5.72. The number of piperazine rings is 1. The Morgan fingerprint density at radius 1 is 1.22 bits per heavy atom. The van der Waals surface area contributed by atoms with Crippen molar-refractivity contribution in [3.63, 3.8) is 0 Å². The molecule has 1 atom stereocenters. The van der Waals surface area contributed by atoms with E-state index in [0.29, 0.717) is 12.1 Å². The van der Waals surface area contributed by atoms with Crippen LogP contribution in [-0.4, -0.2) is 54.7 Å². The molecule has 0 aromatic heterocycles. The topological polar surface area (TPSA) is 15.7 Å². The van der Waals surface area contributed by atoms with Crippen LogP contribution in [0.25, 0.3) is 0 Å². The van der Waals surface area contributed by atoms with Crippen LogP contribution in [0.2, 0.25) is 0 Å². The predicted molar refractivity (Wildman–Crippen MR) is 75.4 cm³/mol. The quantitative estimate of drug-likeness (QED) is 0.708. The molecular formula is C15H24N2O. The van der Waals surface area contributed by atoms with Crippen LogP contribution in [0, 0.1) is 0 Å². The first-order valence-corrected chi connectivity index (χ1v) is 6.69. The number of ether oxygens (including phenoxy) is 1. The number of rotatable bonds is 4. The molecule has 0 N–H and O–H groups in total. The Hall–Kier alpha value is -1.06. The maximum Gasteiger partial charge on any atom is 0.0645 e. The highest BCUT2D eigenvalue weighted by atomic mass is 16.5. The third kappa shape index (κ3) is 3.03. The van der Waals surface area contributed by atoms with Crippen molar-refractivity contribution in [3.05, 3.63) is 36.6 Å². The van der Waals surface area contributed by atoms with Gasteiger partial charge >= 0.3 is 0 Å². The molecule has 1 unspecified atom stereocenters. The van der Waals surface area contributed by atoms with Crippen molar-refractivity contribution in [2.24, 2.45) is 0 Å².